The van der Waals surface area contributed by atoms with E-state index >= 15 is 0 Å². The van der Waals surface area contributed by atoms with Crippen molar-refractivity contribution < 1.29 is 5.11 Å². The highest BCUT2D eigenvalue weighted by Crippen LogP contribution is 2.25. The lowest BCUT2D eigenvalue weighted by atomic mass is 10.1. The number of hydrogen-bond donors (Lipinski definition) is 2. The van der Waals surface area contributed by atoms with Crippen molar-refractivity contribution >= 4 is 46.0 Å². The zero-order valence-corrected chi connectivity index (χ0v) is 15.2. The topological polar surface area (TPSA) is 53.3 Å². The smallest absolute Gasteiger partial charge is 0.209 e. The van der Waals surface area contributed by atoms with Gasteiger partial charge < -0.3 is 10.4 Å². The fraction of sp³-hybridized carbons (Fsp3) is 0.467. The second-order valence-electron chi connectivity index (χ2n) is 5.78. The molecule has 124 valence electrons. The summed E-state index contributed by atoms with van der Waals surface area (Å²) in [5, 5.41) is 19.0. The number of β-amino-alcohol motifs (C(OH)–C–C–N with tert-alkyl or cyclic N) is 1. The average Bonchev–Trinajstić information content (AvgIpc) is 2.83. The predicted octanol–water partition coefficient (Wildman–Crippen LogP) is 3.79. The second kappa shape index (κ2) is 7.27. The van der Waals surface area contributed by atoms with Crippen molar-refractivity contribution in [2.24, 2.45) is 0 Å². The molecule has 0 aliphatic carbocycles. The van der Waals surface area contributed by atoms with Crippen molar-refractivity contribution in [1.29, 1.82) is 0 Å². The quantitative estimate of drug-likeness (QED) is 0.802. The molecule has 1 aliphatic heterocycles. The summed E-state index contributed by atoms with van der Waals surface area (Å²) in [6.45, 7) is 4.23. The molecule has 3 rings (SSSR count). The Kier molecular flexibility index (Phi) is 5.33. The standard InChI is InChI=1S/C15H19ClN4OS2/c1-10-4-5-11(7-13(10)16)17-14-18-20(15(22)23-14)9-19-6-2-3-12(21)8-19/h4-5,7,12,21H,2-3,6,8-9H2,1H3,(H,17,18)/t12-/m0/s1. The van der Waals surface area contributed by atoms with Crippen LogP contribution in [0.3, 0.4) is 0 Å². The lowest BCUT2D eigenvalue weighted by Crippen LogP contribution is -2.39. The number of nitrogens with zero attached hydrogens (tertiary/aromatic N) is 3. The van der Waals surface area contributed by atoms with E-state index in [0.717, 1.165) is 40.8 Å². The molecular weight excluding hydrogens is 352 g/mol. The Morgan fingerprint density at radius 1 is 1.52 bits per heavy atom. The first-order valence-electron chi connectivity index (χ1n) is 7.53. The molecule has 1 aromatic carbocycles. The Bertz CT molecular complexity index is 745. The lowest BCUT2D eigenvalue weighted by molar-refractivity contribution is 0.0516. The first kappa shape index (κ1) is 16.9. The van der Waals surface area contributed by atoms with Gasteiger partial charge in [0.25, 0.3) is 0 Å². The summed E-state index contributed by atoms with van der Waals surface area (Å²) >= 11 is 13.0. The van der Waals surface area contributed by atoms with E-state index in [2.05, 4.69) is 15.3 Å². The van der Waals surface area contributed by atoms with Gasteiger partial charge in [-0.1, -0.05) is 29.0 Å². The number of aromatic nitrogens is 2. The summed E-state index contributed by atoms with van der Waals surface area (Å²) in [7, 11) is 0. The number of rotatable bonds is 4. The third-order valence-corrected chi connectivity index (χ3v) is 5.47. The Morgan fingerprint density at radius 2 is 2.35 bits per heavy atom. The summed E-state index contributed by atoms with van der Waals surface area (Å²) in [4.78, 5) is 2.18. The molecule has 2 N–H and O–H groups in total. The Morgan fingerprint density at radius 3 is 3.09 bits per heavy atom. The summed E-state index contributed by atoms with van der Waals surface area (Å²) in [5.74, 6) is 0. The molecule has 5 nitrogen and oxygen atoms in total. The number of hydrogen-bond acceptors (Lipinski definition) is 6. The Labute approximate surface area is 149 Å². The predicted molar refractivity (Wildman–Crippen MR) is 97.2 cm³/mol. The second-order valence-corrected chi connectivity index (χ2v) is 7.81. The molecule has 2 heterocycles. The van der Waals surface area contributed by atoms with Gasteiger partial charge in [-0.15, -0.1) is 5.10 Å². The molecule has 23 heavy (non-hydrogen) atoms. The van der Waals surface area contributed by atoms with Gasteiger partial charge in [-0.05, 0) is 49.7 Å². The van der Waals surface area contributed by atoms with Crippen LogP contribution < -0.4 is 5.32 Å². The van der Waals surface area contributed by atoms with Gasteiger partial charge >= 0.3 is 0 Å². The maximum absolute atomic E-state index is 9.76. The molecule has 0 amide bonds. The van der Waals surface area contributed by atoms with E-state index in [0.29, 0.717) is 17.2 Å². The van der Waals surface area contributed by atoms with Crippen molar-refractivity contribution in [3.8, 4) is 0 Å². The van der Waals surface area contributed by atoms with E-state index in [4.69, 9.17) is 23.8 Å². The van der Waals surface area contributed by atoms with Gasteiger partial charge in [-0.2, -0.15) is 0 Å². The van der Waals surface area contributed by atoms with Crippen LogP contribution in [0.15, 0.2) is 18.2 Å². The van der Waals surface area contributed by atoms with E-state index in [1.807, 2.05) is 25.1 Å². The van der Waals surface area contributed by atoms with Gasteiger partial charge in [0.1, 0.15) is 0 Å². The molecule has 2 aromatic rings. The summed E-state index contributed by atoms with van der Waals surface area (Å²) in [6.07, 6.45) is 1.63. The highest BCUT2D eigenvalue weighted by atomic mass is 35.5. The fourth-order valence-electron chi connectivity index (χ4n) is 2.59. The zero-order chi connectivity index (χ0) is 16.4. The van der Waals surface area contributed by atoms with E-state index in [1.165, 1.54) is 11.3 Å². The number of nitrogens with one attached hydrogen (secondary N) is 1. The number of likely N-dealkylation sites (tertiary alicyclic amines) is 1. The number of piperidine rings is 1. The van der Waals surface area contributed by atoms with Crippen molar-refractivity contribution in [2.75, 3.05) is 18.4 Å². The molecule has 0 radical (unpaired) electrons. The van der Waals surface area contributed by atoms with Crippen molar-refractivity contribution in [2.45, 2.75) is 32.5 Å². The first-order valence-corrected chi connectivity index (χ1v) is 9.13. The van der Waals surface area contributed by atoms with E-state index in [1.54, 1.807) is 4.68 Å². The molecule has 0 bridgehead atoms. The van der Waals surface area contributed by atoms with Crippen molar-refractivity contribution in [1.82, 2.24) is 14.7 Å². The number of aliphatic hydroxyl groups is 1. The van der Waals surface area contributed by atoms with E-state index in [9.17, 15) is 5.11 Å². The van der Waals surface area contributed by atoms with Crippen LogP contribution in [-0.2, 0) is 6.67 Å². The first-order chi connectivity index (χ1) is 11.0. The van der Waals surface area contributed by atoms with Crippen LogP contribution in [0.4, 0.5) is 10.8 Å². The fourth-order valence-corrected chi connectivity index (χ4v) is 3.78. The number of halogens is 1. The van der Waals surface area contributed by atoms with Crippen molar-refractivity contribution in [3.05, 3.63) is 32.7 Å². The normalized spacial score (nSPS) is 19.0. The molecule has 0 saturated carbocycles. The largest absolute Gasteiger partial charge is 0.392 e. The van der Waals surface area contributed by atoms with Crippen LogP contribution in [0.1, 0.15) is 18.4 Å². The van der Waals surface area contributed by atoms with Gasteiger partial charge in [-0.3, -0.25) is 4.90 Å². The monoisotopic (exact) mass is 370 g/mol. The molecule has 0 spiro atoms. The van der Waals surface area contributed by atoms with Gasteiger partial charge in [0.15, 0.2) is 3.95 Å². The molecular formula is C15H19ClN4OS2. The Hall–Kier alpha value is -0.990. The van der Waals surface area contributed by atoms with Crippen LogP contribution in [0.5, 0.6) is 0 Å². The van der Waals surface area contributed by atoms with E-state index in [-0.39, 0.29) is 6.10 Å². The molecule has 0 unspecified atom stereocenters. The van der Waals surface area contributed by atoms with Crippen molar-refractivity contribution in [3.63, 3.8) is 0 Å². The maximum Gasteiger partial charge on any atom is 0.209 e. The highest BCUT2D eigenvalue weighted by Gasteiger charge is 2.18. The third-order valence-electron chi connectivity index (χ3n) is 3.84. The minimum atomic E-state index is -0.246. The number of benzene rings is 1. The maximum atomic E-state index is 9.76. The molecule has 1 aliphatic rings. The van der Waals surface area contributed by atoms with Gasteiger partial charge in [0.05, 0.1) is 12.8 Å². The molecule has 1 fully saturated rings. The number of aryl methyl sites for hydroxylation is 1. The average molecular weight is 371 g/mol. The SMILES string of the molecule is Cc1ccc(Nc2nn(CN3CCC[C@H](O)C3)c(=S)s2)cc1Cl. The van der Waals surface area contributed by atoms with E-state index < -0.39 is 0 Å². The van der Waals surface area contributed by atoms with Gasteiger partial charge in [0.2, 0.25) is 5.13 Å². The minimum absolute atomic E-state index is 0.246. The third kappa shape index (κ3) is 4.30. The molecule has 8 heteroatoms. The van der Waals surface area contributed by atoms with Crippen LogP contribution in [0.25, 0.3) is 0 Å². The lowest BCUT2D eigenvalue weighted by Gasteiger charge is -2.29. The highest BCUT2D eigenvalue weighted by molar-refractivity contribution is 7.73. The minimum Gasteiger partial charge on any atom is -0.392 e. The van der Waals surface area contributed by atoms with Crippen LogP contribution in [-0.4, -0.2) is 39.0 Å². The number of aliphatic hydroxyl groups excluding tert-OH is 1. The summed E-state index contributed by atoms with van der Waals surface area (Å²) in [6, 6.07) is 5.82. The summed E-state index contributed by atoms with van der Waals surface area (Å²) < 4.78 is 2.52. The van der Waals surface area contributed by atoms with Gasteiger partial charge in [-0.25, -0.2) is 4.68 Å². The zero-order valence-electron chi connectivity index (χ0n) is 12.8. The van der Waals surface area contributed by atoms with Crippen LogP contribution in [0.2, 0.25) is 5.02 Å². The molecule has 1 atom stereocenters. The Balaban J connectivity index is 1.70. The molecule has 1 saturated heterocycles. The molecule has 1 aromatic heterocycles. The van der Waals surface area contributed by atoms with Crippen LogP contribution >= 0.6 is 35.2 Å². The summed E-state index contributed by atoms with van der Waals surface area (Å²) in [5.41, 5.74) is 1.93. The van der Waals surface area contributed by atoms with Gasteiger partial charge in [0, 0.05) is 23.8 Å². The number of anilines is 2. The van der Waals surface area contributed by atoms with Crippen LogP contribution in [0, 0.1) is 10.9 Å².